The lowest BCUT2D eigenvalue weighted by molar-refractivity contribution is 0.578. The molecule has 0 spiro atoms. The van der Waals surface area contributed by atoms with Gasteiger partial charge in [0, 0.05) is 44.1 Å². The zero-order chi connectivity index (χ0) is 18.0. The van der Waals surface area contributed by atoms with E-state index in [9.17, 15) is 8.42 Å². The number of hydrogen-bond donors (Lipinski definition) is 1. The van der Waals surface area contributed by atoms with Crippen LogP contribution in [-0.2, 0) is 30.0 Å². The van der Waals surface area contributed by atoms with Crippen molar-refractivity contribution in [3.63, 3.8) is 0 Å². The van der Waals surface area contributed by atoms with E-state index < -0.39 is 10.0 Å². The summed E-state index contributed by atoms with van der Waals surface area (Å²) >= 11 is 0. The molecule has 1 N–H and O–H groups in total. The zero-order valence-corrected chi connectivity index (χ0v) is 15.5. The Morgan fingerprint density at radius 1 is 1.28 bits per heavy atom. The number of rotatable bonds is 7. The van der Waals surface area contributed by atoms with Gasteiger partial charge in [0.05, 0.1) is 0 Å². The maximum Gasteiger partial charge on any atom is 0.259 e. The quantitative estimate of drug-likeness (QED) is 0.698. The molecular weight excluding hydrogens is 338 g/mol. The van der Waals surface area contributed by atoms with Crippen LogP contribution in [0, 0.1) is 6.92 Å². The summed E-state index contributed by atoms with van der Waals surface area (Å²) in [5, 5.41) is 1.13. The van der Waals surface area contributed by atoms with Crippen LogP contribution < -0.4 is 4.72 Å². The number of nitrogens with one attached hydrogen (secondary N) is 1. The van der Waals surface area contributed by atoms with Crippen LogP contribution in [0.4, 0.5) is 0 Å². The molecule has 0 aromatic carbocycles. The summed E-state index contributed by atoms with van der Waals surface area (Å²) in [4.78, 5) is 8.53. The molecule has 134 valence electrons. The molecule has 0 aliphatic carbocycles. The van der Waals surface area contributed by atoms with Gasteiger partial charge in [-0.05, 0) is 37.5 Å². The SMILES string of the molecule is CCCn1cc(CCNS(=O)(=O)c2cn(C)c(C)n2)c2cccnc21. The second-order valence-electron chi connectivity index (χ2n) is 6.11. The molecule has 3 aromatic heterocycles. The van der Waals surface area contributed by atoms with E-state index in [1.54, 1.807) is 24.7 Å². The number of sulfonamides is 1. The first kappa shape index (κ1) is 17.6. The Labute approximate surface area is 147 Å². The first-order chi connectivity index (χ1) is 11.9. The van der Waals surface area contributed by atoms with Crippen LogP contribution in [-0.4, -0.2) is 34.1 Å². The Bertz CT molecular complexity index is 968. The Morgan fingerprint density at radius 2 is 2.08 bits per heavy atom. The van der Waals surface area contributed by atoms with Crippen molar-refractivity contribution < 1.29 is 8.42 Å². The minimum absolute atomic E-state index is 0.0579. The number of aromatic nitrogens is 4. The standard InChI is InChI=1S/C17H23N5O2S/c1-4-10-22-11-14(15-6-5-8-18-17(15)22)7-9-19-25(23,24)16-12-21(3)13(2)20-16/h5-6,8,11-12,19H,4,7,9-10H2,1-3H3. The van der Waals surface area contributed by atoms with E-state index in [1.165, 1.54) is 6.20 Å². The number of aryl methyl sites for hydroxylation is 3. The van der Waals surface area contributed by atoms with E-state index in [0.29, 0.717) is 18.8 Å². The lowest BCUT2D eigenvalue weighted by atomic mass is 10.2. The molecule has 0 aliphatic heterocycles. The molecule has 3 aromatic rings. The molecule has 3 rings (SSSR count). The largest absolute Gasteiger partial charge is 0.337 e. The number of fused-ring (bicyclic) bond motifs is 1. The van der Waals surface area contributed by atoms with Crippen LogP contribution in [0.2, 0.25) is 0 Å². The van der Waals surface area contributed by atoms with Crippen LogP contribution in [0.3, 0.4) is 0 Å². The van der Waals surface area contributed by atoms with Crippen molar-refractivity contribution in [1.82, 2.24) is 23.8 Å². The van der Waals surface area contributed by atoms with Gasteiger partial charge in [0.2, 0.25) is 0 Å². The van der Waals surface area contributed by atoms with Crippen molar-refractivity contribution in [2.24, 2.45) is 7.05 Å². The fourth-order valence-electron chi connectivity index (χ4n) is 2.86. The molecule has 0 saturated carbocycles. The molecule has 0 unspecified atom stereocenters. The van der Waals surface area contributed by atoms with E-state index in [2.05, 4.69) is 32.4 Å². The molecule has 0 saturated heterocycles. The van der Waals surface area contributed by atoms with Crippen molar-refractivity contribution in [1.29, 1.82) is 0 Å². The van der Waals surface area contributed by atoms with Gasteiger partial charge in [-0.2, -0.15) is 0 Å². The summed E-state index contributed by atoms with van der Waals surface area (Å²) in [5.41, 5.74) is 2.04. The Balaban J connectivity index is 1.75. The van der Waals surface area contributed by atoms with E-state index in [1.807, 2.05) is 12.1 Å². The summed E-state index contributed by atoms with van der Waals surface area (Å²) in [6, 6.07) is 3.93. The molecule has 0 aliphatic rings. The summed E-state index contributed by atoms with van der Waals surface area (Å²) in [6.45, 7) is 5.11. The highest BCUT2D eigenvalue weighted by Gasteiger charge is 2.18. The van der Waals surface area contributed by atoms with Gasteiger partial charge in [-0.25, -0.2) is 23.1 Å². The topological polar surface area (TPSA) is 81.8 Å². The zero-order valence-electron chi connectivity index (χ0n) is 14.7. The number of nitrogens with zero attached hydrogens (tertiary/aromatic N) is 4. The summed E-state index contributed by atoms with van der Waals surface area (Å²) in [7, 11) is -1.82. The fourth-order valence-corrected chi connectivity index (χ4v) is 3.92. The second-order valence-corrected chi connectivity index (χ2v) is 7.82. The Morgan fingerprint density at radius 3 is 2.76 bits per heavy atom. The van der Waals surface area contributed by atoms with E-state index in [0.717, 1.165) is 29.6 Å². The summed E-state index contributed by atoms with van der Waals surface area (Å²) in [5.74, 6) is 0.661. The van der Waals surface area contributed by atoms with Crippen LogP contribution in [0.25, 0.3) is 11.0 Å². The van der Waals surface area contributed by atoms with Gasteiger partial charge in [0.15, 0.2) is 5.03 Å². The van der Waals surface area contributed by atoms with E-state index in [-0.39, 0.29) is 5.03 Å². The smallest absolute Gasteiger partial charge is 0.259 e. The first-order valence-corrected chi connectivity index (χ1v) is 9.83. The van der Waals surface area contributed by atoms with E-state index >= 15 is 0 Å². The predicted molar refractivity (Wildman–Crippen MR) is 96.9 cm³/mol. The van der Waals surface area contributed by atoms with Gasteiger partial charge in [-0.15, -0.1) is 0 Å². The second kappa shape index (κ2) is 6.97. The van der Waals surface area contributed by atoms with Crippen molar-refractivity contribution in [3.05, 3.63) is 42.1 Å². The number of imidazole rings is 1. The Hall–Kier alpha value is -2.19. The highest BCUT2D eigenvalue weighted by Crippen LogP contribution is 2.20. The Kier molecular flexibility index (Phi) is 4.91. The van der Waals surface area contributed by atoms with Crippen LogP contribution in [0.1, 0.15) is 24.7 Å². The van der Waals surface area contributed by atoms with Gasteiger partial charge in [0.25, 0.3) is 10.0 Å². The average Bonchev–Trinajstić information content (AvgIpc) is 3.10. The van der Waals surface area contributed by atoms with E-state index in [4.69, 9.17) is 0 Å². The lowest BCUT2D eigenvalue weighted by Crippen LogP contribution is -2.26. The van der Waals surface area contributed by atoms with Gasteiger partial charge in [0.1, 0.15) is 11.5 Å². The predicted octanol–water partition coefficient (Wildman–Crippen LogP) is 2.01. The van der Waals surface area contributed by atoms with Crippen LogP contribution >= 0.6 is 0 Å². The molecule has 8 heteroatoms. The fraction of sp³-hybridized carbons (Fsp3) is 0.412. The monoisotopic (exact) mass is 361 g/mol. The number of pyridine rings is 1. The third-order valence-electron chi connectivity index (χ3n) is 4.23. The molecule has 0 radical (unpaired) electrons. The van der Waals surface area contributed by atoms with Crippen molar-refractivity contribution in [3.8, 4) is 0 Å². The average molecular weight is 361 g/mol. The first-order valence-electron chi connectivity index (χ1n) is 8.34. The molecular formula is C17H23N5O2S. The maximum absolute atomic E-state index is 12.4. The molecule has 0 fully saturated rings. The third-order valence-corrected chi connectivity index (χ3v) is 5.56. The van der Waals surface area contributed by atoms with Crippen LogP contribution in [0.15, 0.2) is 35.7 Å². The van der Waals surface area contributed by atoms with Crippen molar-refractivity contribution in [2.75, 3.05) is 6.54 Å². The maximum atomic E-state index is 12.4. The van der Waals surface area contributed by atoms with Gasteiger partial charge < -0.3 is 9.13 Å². The lowest BCUT2D eigenvalue weighted by Gasteiger charge is -2.03. The molecule has 0 atom stereocenters. The normalized spacial score (nSPS) is 12.1. The summed E-state index contributed by atoms with van der Waals surface area (Å²) < 4.78 is 31.2. The molecule has 7 nitrogen and oxygen atoms in total. The minimum atomic E-state index is -3.59. The molecule has 0 bridgehead atoms. The highest BCUT2D eigenvalue weighted by atomic mass is 32.2. The highest BCUT2D eigenvalue weighted by molar-refractivity contribution is 7.89. The van der Waals surface area contributed by atoms with Crippen molar-refractivity contribution in [2.45, 2.75) is 38.3 Å². The minimum Gasteiger partial charge on any atom is -0.337 e. The summed E-state index contributed by atoms with van der Waals surface area (Å²) in [6.07, 6.45) is 6.99. The van der Waals surface area contributed by atoms with Crippen LogP contribution in [0.5, 0.6) is 0 Å². The van der Waals surface area contributed by atoms with Gasteiger partial charge in [-0.3, -0.25) is 0 Å². The van der Waals surface area contributed by atoms with Crippen molar-refractivity contribution >= 4 is 21.1 Å². The molecule has 3 heterocycles. The molecule has 0 amide bonds. The van der Waals surface area contributed by atoms with Gasteiger partial charge >= 0.3 is 0 Å². The third kappa shape index (κ3) is 3.59. The number of hydrogen-bond acceptors (Lipinski definition) is 4. The van der Waals surface area contributed by atoms with Gasteiger partial charge in [-0.1, -0.05) is 6.92 Å². The molecule has 25 heavy (non-hydrogen) atoms.